The molecule has 0 fully saturated rings. The van der Waals surface area contributed by atoms with Crippen molar-refractivity contribution in [3.63, 3.8) is 0 Å². The third-order valence-electron chi connectivity index (χ3n) is 6.12. The molecule has 42 heavy (non-hydrogen) atoms. The molecule has 0 spiro atoms. The van der Waals surface area contributed by atoms with Crippen LogP contribution in [0.1, 0.15) is 0 Å². The van der Waals surface area contributed by atoms with Crippen molar-refractivity contribution in [1.82, 2.24) is 0 Å². The second kappa shape index (κ2) is 20.8. The van der Waals surface area contributed by atoms with E-state index >= 15 is 0 Å². The van der Waals surface area contributed by atoms with Crippen LogP contribution in [0.2, 0.25) is 0 Å². The average Bonchev–Trinajstić information content (AvgIpc) is 3.02. The zero-order valence-corrected chi connectivity index (χ0v) is 25.8. The normalized spacial score (nSPS) is 19.0. The van der Waals surface area contributed by atoms with Crippen LogP contribution in [0.15, 0.2) is 70.5 Å². The third-order valence-corrected chi connectivity index (χ3v) is 8.19. The van der Waals surface area contributed by atoms with Crippen LogP contribution in [0.25, 0.3) is 10.8 Å². The van der Waals surface area contributed by atoms with Gasteiger partial charge in [0, 0.05) is 21.3 Å². The van der Waals surface area contributed by atoms with Gasteiger partial charge in [0.05, 0.1) is 79.3 Å². The monoisotopic (exact) mass is 618 g/mol. The maximum Gasteiger partial charge on any atom is 0.119 e. The van der Waals surface area contributed by atoms with Gasteiger partial charge in [-0.25, -0.2) is 0 Å². The molecule has 0 amide bonds. The molecule has 10 heteroatoms. The third kappa shape index (κ3) is 12.7. The Balaban J connectivity index is 1.19. The van der Waals surface area contributed by atoms with Gasteiger partial charge >= 0.3 is 0 Å². The Bertz CT molecular complexity index is 1040. The molecule has 5 rings (SSSR count). The minimum absolute atomic E-state index is 0.472. The highest BCUT2D eigenvalue weighted by molar-refractivity contribution is 8.00. The van der Waals surface area contributed by atoms with Gasteiger partial charge in [-0.05, 0) is 47.2 Å². The van der Waals surface area contributed by atoms with E-state index in [-0.39, 0.29) is 0 Å². The first-order chi connectivity index (χ1) is 20.9. The molecular formula is C32H42O8S2. The first-order valence-corrected chi connectivity index (χ1v) is 16.5. The Morgan fingerprint density at radius 3 is 1.07 bits per heavy atom. The lowest BCUT2D eigenvalue weighted by Crippen LogP contribution is -2.13. The molecule has 0 atom stereocenters. The van der Waals surface area contributed by atoms with Gasteiger partial charge in [0.1, 0.15) is 24.7 Å². The molecule has 0 N–H and O–H groups in total. The lowest BCUT2D eigenvalue weighted by atomic mass is 10.1. The van der Waals surface area contributed by atoms with Crippen molar-refractivity contribution in [3.8, 4) is 11.5 Å². The summed E-state index contributed by atoms with van der Waals surface area (Å²) in [5.41, 5.74) is 0. The number of fused-ring (bicyclic) bond motifs is 26. The summed E-state index contributed by atoms with van der Waals surface area (Å²) in [6, 6.07) is 20.6. The Labute approximate surface area is 257 Å². The van der Waals surface area contributed by atoms with Gasteiger partial charge in [0.25, 0.3) is 0 Å². The number of thioether (sulfide) groups is 2. The summed E-state index contributed by atoms with van der Waals surface area (Å²) in [4.78, 5) is 2.55. The highest BCUT2D eigenvalue weighted by Crippen LogP contribution is 2.33. The van der Waals surface area contributed by atoms with Gasteiger partial charge in [-0.2, -0.15) is 0 Å². The van der Waals surface area contributed by atoms with Crippen molar-refractivity contribution in [2.75, 3.05) is 104 Å². The van der Waals surface area contributed by atoms with E-state index in [1.165, 1.54) is 20.6 Å². The lowest BCUT2D eigenvalue weighted by molar-refractivity contribution is 0.0116. The number of rotatable bonds is 0. The van der Waals surface area contributed by atoms with E-state index in [1.807, 2.05) is 47.8 Å². The molecule has 2 aliphatic heterocycles. The number of hydrogen-bond donors (Lipinski definition) is 0. The summed E-state index contributed by atoms with van der Waals surface area (Å²) in [5, 5.41) is 2.55. The van der Waals surface area contributed by atoms with Gasteiger partial charge in [-0.15, -0.1) is 23.5 Å². The topological polar surface area (TPSA) is 73.8 Å². The zero-order valence-electron chi connectivity index (χ0n) is 24.2. The molecule has 2 heterocycles. The van der Waals surface area contributed by atoms with Crippen LogP contribution in [-0.4, -0.2) is 104 Å². The number of benzene rings is 3. The van der Waals surface area contributed by atoms with E-state index in [9.17, 15) is 0 Å². The molecule has 0 saturated carbocycles. The Kier molecular flexibility index (Phi) is 16.3. The molecule has 6 bridgehead atoms. The summed E-state index contributed by atoms with van der Waals surface area (Å²) < 4.78 is 45.4. The maximum absolute atomic E-state index is 5.77. The Hall–Kier alpha value is -2.02. The van der Waals surface area contributed by atoms with E-state index in [0.29, 0.717) is 92.5 Å². The zero-order chi connectivity index (χ0) is 28.9. The lowest BCUT2D eigenvalue weighted by Gasteiger charge is -2.11. The summed E-state index contributed by atoms with van der Waals surface area (Å²) in [7, 11) is 0. The van der Waals surface area contributed by atoms with Crippen molar-refractivity contribution in [1.29, 1.82) is 0 Å². The van der Waals surface area contributed by atoms with Crippen LogP contribution in [-0.2, 0) is 28.4 Å². The van der Waals surface area contributed by atoms with Crippen molar-refractivity contribution in [2.24, 2.45) is 0 Å². The SMILES string of the molecule is c1cc2c3cccc(c3c1)SCCOCCOCCOCCOc1ccc(cc1)OCCOCCOCCOCCS2. The van der Waals surface area contributed by atoms with E-state index in [4.69, 9.17) is 37.9 Å². The smallest absolute Gasteiger partial charge is 0.119 e. The van der Waals surface area contributed by atoms with Gasteiger partial charge in [0.15, 0.2) is 0 Å². The van der Waals surface area contributed by atoms with Crippen LogP contribution in [0, 0.1) is 0 Å². The molecule has 230 valence electrons. The summed E-state index contributed by atoms with van der Waals surface area (Å²) in [6.45, 7) is 7.64. The summed E-state index contributed by atoms with van der Waals surface area (Å²) >= 11 is 3.65. The fourth-order valence-electron chi connectivity index (χ4n) is 4.08. The van der Waals surface area contributed by atoms with Crippen molar-refractivity contribution in [3.05, 3.63) is 60.7 Å². The molecular weight excluding hydrogens is 576 g/mol. The van der Waals surface area contributed by atoms with E-state index in [0.717, 1.165) is 23.0 Å². The molecule has 3 aromatic rings. The second-order valence-corrected chi connectivity index (χ2v) is 11.4. The Morgan fingerprint density at radius 2 is 0.690 bits per heavy atom. The van der Waals surface area contributed by atoms with E-state index in [1.54, 1.807) is 0 Å². The molecule has 3 aromatic carbocycles. The predicted octanol–water partition coefficient (Wildman–Crippen LogP) is 5.60. The van der Waals surface area contributed by atoms with Gasteiger partial charge in [-0.3, -0.25) is 0 Å². The van der Waals surface area contributed by atoms with Crippen LogP contribution in [0.4, 0.5) is 0 Å². The first-order valence-electron chi connectivity index (χ1n) is 14.5. The largest absolute Gasteiger partial charge is 0.491 e. The van der Waals surface area contributed by atoms with Crippen molar-refractivity contribution >= 4 is 34.3 Å². The highest BCUT2D eigenvalue weighted by Gasteiger charge is 2.07. The minimum atomic E-state index is 0.472. The molecule has 0 unspecified atom stereocenters. The standard InChI is InChI=1S/C32H42O8S2/c1-3-29-30-4-2-6-32(29)42-26-24-38-18-16-34-12-14-36-20-22-40-28-9-7-27(8-10-28)39-21-19-35-13-11-33-15-17-37-23-25-41-31(30)5-1/h1-10H,11-26H2. The van der Waals surface area contributed by atoms with Crippen molar-refractivity contribution in [2.45, 2.75) is 9.79 Å². The molecule has 0 aromatic heterocycles. The molecule has 8 nitrogen and oxygen atoms in total. The van der Waals surface area contributed by atoms with Crippen LogP contribution < -0.4 is 9.47 Å². The van der Waals surface area contributed by atoms with Crippen LogP contribution >= 0.6 is 23.5 Å². The first kappa shape index (κ1) is 32.9. The van der Waals surface area contributed by atoms with Gasteiger partial charge < -0.3 is 37.9 Å². The second-order valence-electron chi connectivity index (χ2n) is 9.15. The molecule has 2 aliphatic rings. The van der Waals surface area contributed by atoms with Gasteiger partial charge in [0.2, 0.25) is 0 Å². The van der Waals surface area contributed by atoms with Crippen LogP contribution in [0.5, 0.6) is 11.5 Å². The number of ether oxygens (including phenoxy) is 8. The minimum Gasteiger partial charge on any atom is -0.491 e. The summed E-state index contributed by atoms with van der Waals surface area (Å²) in [5.74, 6) is 3.32. The molecule has 0 radical (unpaired) electrons. The predicted molar refractivity (Wildman–Crippen MR) is 168 cm³/mol. The number of hydrogen-bond acceptors (Lipinski definition) is 10. The highest BCUT2D eigenvalue weighted by atomic mass is 32.2. The van der Waals surface area contributed by atoms with E-state index in [2.05, 4.69) is 36.4 Å². The maximum atomic E-state index is 5.77. The van der Waals surface area contributed by atoms with Crippen molar-refractivity contribution < 1.29 is 37.9 Å². The van der Waals surface area contributed by atoms with Gasteiger partial charge in [-0.1, -0.05) is 24.3 Å². The fraction of sp³-hybridized carbons (Fsp3) is 0.500. The Morgan fingerprint density at radius 1 is 0.357 bits per heavy atom. The fourth-order valence-corrected chi connectivity index (χ4v) is 5.94. The van der Waals surface area contributed by atoms with E-state index < -0.39 is 0 Å². The quantitative estimate of drug-likeness (QED) is 0.298. The summed E-state index contributed by atoms with van der Waals surface area (Å²) in [6.07, 6.45) is 0. The molecule has 0 aliphatic carbocycles. The van der Waals surface area contributed by atoms with Crippen LogP contribution in [0.3, 0.4) is 0 Å². The average molecular weight is 619 g/mol. The molecule has 0 saturated heterocycles.